The summed E-state index contributed by atoms with van der Waals surface area (Å²) in [6.45, 7) is 0.416. The third kappa shape index (κ3) is 3.33. The van der Waals surface area contributed by atoms with Gasteiger partial charge in [0.1, 0.15) is 23.2 Å². The largest absolute Gasteiger partial charge is 0.496 e. The van der Waals surface area contributed by atoms with E-state index < -0.39 is 5.97 Å². The SMILES string of the molecule is COC(=O)c1cc(CNc2ncccc2C#N)ccc1OC. The molecule has 0 aliphatic heterocycles. The lowest BCUT2D eigenvalue weighted by Gasteiger charge is -2.11. The second kappa shape index (κ2) is 7.09. The highest BCUT2D eigenvalue weighted by molar-refractivity contribution is 5.92. The fourth-order valence-corrected chi connectivity index (χ4v) is 1.96. The Balaban J connectivity index is 2.20. The maximum atomic E-state index is 11.7. The van der Waals surface area contributed by atoms with Crippen molar-refractivity contribution in [2.75, 3.05) is 19.5 Å². The molecule has 0 spiro atoms. The highest BCUT2D eigenvalue weighted by Gasteiger charge is 2.13. The highest BCUT2D eigenvalue weighted by Crippen LogP contribution is 2.21. The number of benzene rings is 1. The first kappa shape index (κ1) is 15.3. The maximum Gasteiger partial charge on any atom is 0.341 e. The van der Waals surface area contributed by atoms with Crippen molar-refractivity contribution in [3.05, 3.63) is 53.2 Å². The number of carbonyl (C=O) groups is 1. The molecular formula is C16H15N3O3. The molecule has 1 N–H and O–H groups in total. The molecule has 0 bridgehead atoms. The summed E-state index contributed by atoms with van der Waals surface area (Å²) in [6, 6.07) is 10.7. The summed E-state index contributed by atoms with van der Waals surface area (Å²) >= 11 is 0. The van der Waals surface area contributed by atoms with Gasteiger partial charge in [0.05, 0.1) is 19.8 Å². The van der Waals surface area contributed by atoms with Crippen LogP contribution in [-0.4, -0.2) is 25.2 Å². The lowest BCUT2D eigenvalue weighted by atomic mass is 10.1. The zero-order chi connectivity index (χ0) is 15.9. The van der Waals surface area contributed by atoms with Crippen LogP contribution in [0.1, 0.15) is 21.5 Å². The van der Waals surface area contributed by atoms with Crippen LogP contribution < -0.4 is 10.1 Å². The number of ether oxygens (including phenoxy) is 2. The van der Waals surface area contributed by atoms with Gasteiger partial charge >= 0.3 is 5.97 Å². The predicted octanol–water partition coefficient (Wildman–Crippen LogP) is 2.36. The van der Waals surface area contributed by atoms with Gasteiger partial charge in [0.25, 0.3) is 0 Å². The van der Waals surface area contributed by atoms with Gasteiger partial charge in [-0.25, -0.2) is 9.78 Å². The standard InChI is InChI=1S/C16H15N3O3/c1-21-14-6-5-11(8-13(14)16(20)22-2)10-19-15-12(9-17)4-3-7-18-15/h3-8H,10H2,1-2H3,(H,18,19). The highest BCUT2D eigenvalue weighted by atomic mass is 16.5. The van der Waals surface area contributed by atoms with Gasteiger partial charge in [0.2, 0.25) is 0 Å². The molecule has 6 heteroatoms. The van der Waals surface area contributed by atoms with Gasteiger partial charge in [0, 0.05) is 12.7 Å². The van der Waals surface area contributed by atoms with E-state index in [1.165, 1.54) is 14.2 Å². The Morgan fingerprint density at radius 2 is 2.18 bits per heavy atom. The number of pyridine rings is 1. The van der Waals surface area contributed by atoms with Crippen molar-refractivity contribution in [3.63, 3.8) is 0 Å². The first-order valence-corrected chi connectivity index (χ1v) is 6.53. The number of hydrogen-bond acceptors (Lipinski definition) is 6. The molecule has 0 unspecified atom stereocenters. The Labute approximate surface area is 128 Å². The number of nitrogens with zero attached hydrogens (tertiary/aromatic N) is 2. The second-order valence-electron chi connectivity index (χ2n) is 4.39. The summed E-state index contributed by atoms with van der Waals surface area (Å²) in [6.07, 6.45) is 1.61. The number of carbonyl (C=O) groups excluding carboxylic acids is 1. The van der Waals surface area contributed by atoms with E-state index in [9.17, 15) is 4.79 Å². The molecule has 0 aliphatic rings. The molecule has 0 saturated heterocycles. The van der Waals surface area contributed by atoms with E-state index >= 15 is 0 Å². The van der Waals surface area contributed by atoms with E-state index in [0.717, 1.165) is 5.56 Å². The molecule has 112 valence electrons. The van der Waals surface area contributed by atoms with Gasteiger partial charge < -0.3 is 14.8 Å². The van der Waals surface area contributed by atoms with Crippen LogP contribution in [0.3, 0.4) is 0 Å². The molecule has 22 heavy (non-hydrogen) atoms. The number of esters is 1. The second-order valence-corrected chi connectivity index (χ2v) is 4.39. The van der Waals surface area contributed by atoms with Gasteiger partial charge in [-0.2, -0.15) is 5.26 Å². The van der Waals surface area contributed by atoms with Crippen molar-refractivity contribution in [1.29, 1.82) is 5.26 Å². The average molecular weight is 297 g/mol. The quantitative estimate of drug-likeness (QED) is 0.853. The third-order valence-corrected chi connectivity index (χ3v) is 3.06. The summed E-state index contributed by atoms with van der Waals surface area (Å²) in [5.74, 6) is 0.487. The molecule has 0 saturated carbocycles. The number of hydrogen-bond donors (Lipinski definition) is 1. The Kier molecular flexibility index (Phi) is 4.94. The van der Waals surface area contributed by atoms with Crippen LogP contribution in [0.5, 0.6) is 5.75 Å². The summed E-state index contributed by atoms with van der Waals surface area (Å²) in [7, 11) is 2.81. The molecule has 1 heterocycles. The van der Waals surface area contributed by atoms with E-state index in [0.29, 0.717) is 29.2 Å². The van der Waals surface area contributed by atoms with Crippen LogP contribution in [0.2, 0.25) is 0 Å². The van der Waals surface area contributed by atoms with E-state index in [1.807, 2.05) is 6.07 Å². The van der Waals surface area contributed by atoms with E-state index in [2.05, 4.69) is 16.4 Å². The summed E-state index contributed by atoms with van der Waals surface area (Å²) in [5.41, 5.74) is 1.66. The van der Waals surface area contributed by atoms with Crippen LogP contribution in [-0.2, 0) is 11.3 Å². The Morgan fingerprint density at radius 1 is 1.36 bits per heavy atom. The Bertz CT molecular complexity index is 723. The number of anilines is 1. The van der Waals surface area contributed by atoms with Crippen molar-refractivity contribution >= 4 is 11.8 Å². The van der Waals surface area contributed by atoms with Crippen LogP contribution in [0, 0.1) is 11.3 Å². The molecule has 0 radical (unpaired) electrons. The first-order valence-electron chi connectivity index (χ1n) is 6.53. The van der Waals surface area contributed by atoms with Crippen LogP contribution in [0.4, 0.5) is 5.82 Å². The van der Waals surface area contributed by atoms with Crippen molar-refractivity contribution in [3.8, 4) is 11.8 Å². The van der Waals surface area contributed by atoms with Crippen LogP contribution in [0.15, 0.2) is 36.5 Å². The van der Waals surface area contributed by atoms with Crippen LogP contribution in [0.25, 0.3) is 0 Å². The van der Waals surface area contributed by atoms with Gasteiger partial charge in [-0.15, -0.1) is 0 Å². The summed E-state index contributed by atoms with van der Waals surface area (Å²) in [5, 5.41) is 12.1. The Hall–Kier alpha value is -3.07. The zero-order valence-corrected chi connectivity index (χ0v) is 12.3. The molecule has 0 fully saturated rings. The summed E-state index contributed by atoms with van der Waals surface area (Å²) in [4.78, 5) is 15.9. The molecular weight excluding hydrogens is 282 g/mol. The first-order chi connectivity index (χ1) is 10.7. The lowest BCUT2D eigenvalue weighted by molar-refractivity contribution is 0.0597. The number of nitrogens with one attached hydrogen (secondary N) is 1. The molecule has 0 aliphatic carbocycles. The number of methoxy groups -OCH3 is 2. The molecule has 0 atom stereocenters. The monoisotopic (exact) mass is 297 g/mol. The molecule has 1 aromatic carbocycles. The van der Waals surface area contributed by atoms with Gasteiger partial charge in [0.15, 0.2) is 0 Å². The topological polar surface area (TPSA) is 84.2 Å². The average Bonchev–Trinajstić information content (AvgIpc) is 2.59. The smallest absolute Gasteiger partial charge is 0.341 e. The van der Waals surface area contributed by atoms with Gasteiger partial charge in [-0.1, -0.05) is 6.07 Å². The molecule has 1 aromatic heterocycles. The fraction of sp³-hybridized carbons (Fsp3) is 0.188. The maximum absolute atomic E-state index is 11.7. The minimum Gasteiger partial charge on any atom is -0.496 e. The van der Waals surface area contributed by atoms with Crippen molar-refractivity contribution in [2.45, 2.75) is 6.54 Å². The fourth-order valence-electron chi connectivity index (χ4n) is 1.96. The number of aromatic nitrogens is 1. The minimum atomic E-state index is -0.464. The number of nitriles is 1. The van der Waals surface area contributed by atoms with Crippen molar-refractivity contribution in [1.82, 2.24) is 4.98 Å². The van der Waals surface area contributed by atoms with E-state index in [4.69, 9.17) is 14.7 Å². The van der Waals surface area contributed by atoms with Crippen molar-refractivity contribution in [2.24, 2.45) is 0 Å². The zero-order valence-electron chi connectivity index (χ0n) is 12.3. The third-order valence-electron chi connectivity index (χ3n) is 3.06. The summed E-state index contributed by atoms with van der Waals surface area (Å²) < 4.78 is 9.88. The van der Waals surface area contributed by atoms with Crippen LogP contribution >= 0.6 is 0 Å². The molecule has 0 amide bonds. The lowest BCUT2D eigenvalue weighted by Crippen LogP contribution is -2.07. The predicted molar refractivity (Wildman–Crippen MR) is 80.6 cm³/mol. The van der Waals surface area contributed by atoms with Gasteiger partial charge in [-0.05, 0) is 29.8 Å². The normalized spacial score (nSPS) is 9.68. The minimum absolute atomic E-state index is 0.353. The van der Waals surface area contributed by atoms with Gasteiger partial charge in [-0.3, -0.25) is 0 Å². The van der Waals surface area contributed by atoms with E-state index in [1.54, 1.807) is 30.5 Å². The number of rotatable bonds is 5. The molecule has 2 rings (SSSR count). The molecule has 6 nitrogen and oxygen atoms in total. The van der Waals surface area contributed by atoms with E-state index in [-0.39, 0.29) is 0 Å². The Morgan fingerprint density at radius 3 is 2.86 bits per heavy atom. The molecule has 2 aromatic rings. The van der Waals surface area contributed by atoms with Crippen molar-refractivity contribution < 1.29 is 14.3 Å².